The highest BCUT2D eigenvalue weighted by atomic mass is 35.7. The highest BCUT2D eigenvalue weighted by Gasteiger charge is 2.17. The van der Waals surface area contributed by atoms with Crippen LogP contribution < -0.4 is 0 Å². The maximum Gasteiger partial charge on any atom is 0.191 e. The normalized spacial score (nSPS) is 15.6. The van der Waals surface area contributed by atoms with Crippen LogP contribution in [-0.4, -0.2) is 12.3 Å². The Hall–Kier alpha value is 0.550. The molecule has 13 heavy (non-hydrogen) atoms. The Morgan fingerprint density at radius 1 is 1.38 bits per heavy atom. The van der Waals surface area contributed by atoms with Crippen LogP contribution in [-0.2, 0) is 4.74 Å². The molecule has 0 aliphatic rings. The lowest BCUT2D eigenvalue weighted by Gasteiger charge is -2.17. The Kier molecular flexibility index (Phi) is 7.22. The first-order chi connectivity index (χ1) is 6.04. The second kappa shape index (κ2) is 6.92. The summed E-state index contributed by atoms with van der Waals surface area (Å²) in [6.45, 7) is 8.77. The van der Waals surface area contributed by atoms with Gasteiger partial charge in [0.2, 0.25) is 0 Å². The Morgan fingerprint density at radius 2 is 1.92 bits per heavy atom. The maximum absolute atomic E-state index is 6.25. The highest BCUT2D eigenvalue weighted by Crippen LogP contribution is 2.56. The van der Waals surface area contributed by atoms with Gasteiger partial charge in [0.05, 0.1) is 6.61 Å². The van der Waals surface area contributed by atoms with Gasteiger partial charge in [0.1, 0.15) is 0 Å². The summed E-state index contributed by atoms with van der Waals surface area (Å²) in [4.78, 5) is 0. The van der Waals surface area contributed by atoms with Gasteiger partial charge in [-0.25, -0.2) is 0 Å². The zero-order valence-electron chi connectivity index (χ0n) is 8.60. The van der Waals surface area contributed by atoms with Crippen LogP contribution in [0.5, 0.6) is 0 Å². The van der Waals surface area contributed by atoms with Crippen molar-refractivity contribution in [3.8, 4) is 0 Å². The summed E-state index contributed by atoms with van der Waals surface area (Å²) in [7, 11) is -0.659. The lowest BCUT2D eigenvalue weighted by Crippen LogP contribution is -1.95. The summed E-state index contributed by atoms with van der Waals surface area (Å²) in [6.07, 6.45) is 0.867. The van der Waals surface area contributed by atoms with Gasteiger partial charge in [-0.2, -0.15) is 0 Å². The third-order valence-electron chi connectivity index (χ3n) is 1.54. The van der Waals surface area contributed by atoms with Gasteiger partial charge in [-0.1, -0.05) is 32.0 Å². The number of rotatable bonds is 5. The summed E-state index contributed by atoms with van der Waals surface area (Å²) in [5.74, 6) is 0. The molecule has 0 N–H and O–H groups in total. The zero-order valence-corrected chi connectivity index (χ0v) is 11.0. The van der Waals surface area contributed by atoms with Crippen molar-refractivity contribution in [3.63, 3.8) is 0 Å². The fourth-order valence-electron chi connectivity index (χ4n) is 0.896. The second-order valence-electron chi connectivity index (χ2n) is 2.91. The zero-order chi connectivity index (χ0) is 10.4. The van der Waals surface area contributed by atoms with Crippen molar-refractivity contribution in [2.45, 2.75) is 39.8 Å². The van der Waals surface area contributed by atoms with E-state index in [0.717, 1.165) is 11.7 Å². The molecule has 0 bridgehead atoms. The summed E-state index contributed by atoms with van der Waals surface area (Å²) in [5.41, 5.74) is 0.445. The van der Waals surface area contributed by atoms with Gasteiger partial charge >= 0.3 is 0 Å². The molecule has 0 aromatic carbocycles. The van der Waals surface area contributed by atoms with Gasteiger partial charge < -0.3 is 4.74 Å². The predicted molar refractivity (Wildman–Crippen MR) is 62.7 cm³/mol. The van der Waals surface area contributed by atoms with Crippen molar-refractivity contribution in [1.29, 1.82) is 0 Å². The first-order valence-corrected chi connectivity index (χ1v) is 7.20. The summed E-state index contributed by atoms with van der Waals surface area (Å²) < 4.78 is 5.24. The molecule has 0 radical (unpaired) electrons. The number of halogens is 2. The molecule has 0 spiro atoms. The SMILES string of the molecule is CCO/C(Cl)=C(/CC)P(Cl)C(C)C. The van der Waals surface area contributed by atoms with Gasteiger partial charge in [0.25, 0.3) is 0 Å². The van der Waals surface area contributed by atoms with E-state index in [1.54, 1.807) is 0 Å². The van der Waals surface area contributed by atoms with Crippen LogP contribution in [0.4, 0.5) is 0 Å². The molecule has 0 rings (SSSR count). The van der Waals surface area contributed by atoms with Crippen LogP contribution in [0.1, 0.15) is 34.1 Å². The fourth-order valence-corrected chi connectivity index (χ4v) is 3.29. The molecule has 1 atom stereocenters. The number of ether oxygens (including phenoxy) is 1. The molecule has 0 heterocycles. The Bertz CT molecular complexity index is 180. The lowest BCUT2D eigenvalue weighted by atomic mass is 10.5. The van der Waals surface area contributed by atoms with Crippen LogP contribution >= 0.6 is 30.1 Å². The molecule has 4 heteroatoms. The standard InChI is InChI=1S/C9H17Cl2OP/c1-5-8(9(10)12-6-2)13(11)7(3)4/h7H,5-6H2,1-4H3/b9-8-. The van der Waals surface area contributed by atoms with Crippen LogP contribution in [0.3, 0.4) is 0 Å². The quantitative estimate of drug-likeness (QED) is 0.493. The van der Waals surface area contributed by atoms with Crippen molar-refractivity contribution in [3.05, 3.63) is 10.5 Å². The van der Waals surface area contributed by atoms with E-state index in [2.05, 4.69) is 20.8 Å². The number of hydrogen-bond acceptors (Lipinski definition) is 1. The molecular formula is C9H17Cl2OP. The number of allylic oxidation sites excluding steroid dienone is 1. The summed E-state index contributed by atoms with van der Waals surface area (Å²) in [6, 6.07) is 0. The first-order valence-electron chi connectivity index (χ1n) is 4.51. The van der Waals surface area contributed by atoms with Gasteiger partial charge in [-0.05, 0) is 30.6 Å². The van der Waals surface area contributed by atoms with E-state index in [1.165, 1.54) is 0 Å². The fraction of sp³-hybridized carbons (Fsp3) is 0.778. The smallest absolute Gasteiger partial charge is 0.191 e. The van der Waals surface area contributed by atoms with E-state index in [1.807, 2.05) is 6.92 Å². The topological polar surface area (TPSA) is 9.23 Å². The van der Waals surface area contributed by atoms with E-state index in [4.69, 9.17) is 27.6 Å². The van der Waals surface area contributed by atoms with Gasteiger partial charge in [-0.3, -0.25) is 0 Å². The predicted octanol–water partition coefficient (Wildman–Crippen LogP) is 4.88. The van der Waals surface area contributed by atoms with Crippen molar-refractivity contribution in [2.75, 3.05) is 6.61 Å². The van der Waals surface area contributed by atoms with Gasteiger partial charge in [-0.15, -0.1) is 0 Å². The van der Waals surface area contributed by atoms with Crippen molar-refractivity contribution in [1.82, 2.24) is 0 Å². The van der Waals surface area contributed by atoms with Crippen LogP contribution in [0.25, 0.3) is 0 Å². The molecule has 0 saturated carbocycles. The third kappa shape index (κ3) is 4.54. The third-order valence-corrected chi connectivity index (χ3v) is 5.74. The molecular weight excluding hydrogens is 226 g/mol. The van der Waals surface area contributed by atoms with Crippen LogP contribution in [0, 0.1) is 0 Å². The lowest BCUT2D eigenvalue weighted by molar-refractivity contribution is 0.253. The second-order valence-corrected chi connectivity index (χ2v) is 6.54. The van der Waals surface area contributed by atoms with Crippen molar-refractivity contribution >= 4 is 30.1 Å². The Morgan fingerprint density at radius 3 is 2.23 bits per heavy atom. The first kappa shape index (κ1) is 13.5. The van der Waals surface area contributed by atoms with Gasteiger partial charge in [0.15, 0.2) is 5.22 Å². The molecule has 1 unspecified atom stereocenters. The Labute approximate surface area is 92.0 Å². The largest absolute Gasteiger partial charge is 0.483 e. The molecule has 0 aromatic heterocycles. The molecule has 1 nitrogen and oxygen atoms in total. The molecule has 0 aromatic rings. The van der Waals surface area contributed by atoms with Gasteiger partial charge in [0, 0.05) is 12.6 Å². The number of hydrogen-bond donors (Lipinski definition) is 0. The molecule has 0 amide bonds. The Balaban J connectivity index is 4.55. The van der Waals surface area contributed by atoms with Crippen molar-refractivity contribution in [2.24, 2.45) is 0 Å². The molecule has 0 saturated heterocycles. The van der Waals surface area contributed by atoms with Crippen molar-refractivity contribution < 1.29 is 4.74 Å². The highest BCUT2D eigenvalue weighted by molar-refractivity contribution is 7.87. The van der Waals surface area contributed by atoms with E-state index in [-0.39, 0.29) is 0 Å². The molecule has 0 aliphatic heterocycles. The minimum Gasteiger partial charge on any atom is -0.483 e. The van der Waals surface area contributed by atoms with E-state index in [9.17, 15) is 0 Å². The monoisotopic (exact) mass is 242 g/mol. The van der Waals surface area contributed by atoms with E-state index in [0.29, 0.717) is 17.5 Å². The molecule has 0 aliphatic carbocycles. The van der Waals surface area contributed by atoms with Crippen LogP contribution in [0.2, 0.25) is 0 Å². The summed E-state index contributed by atoms with van der Waals surface area (Å²) >= 11 is 12.2. The molecule has 0 fully saturated rings. The maximum atomic E-state index is 6.25. The van der Waals surface area contributed by atoms with Crippen LogP contribution in [0.15, 0.2) is 10.5 Å². The molecule has 78 valence electrons. The average molecular weight is 243 g/mol. The van der Waals surface area contributed by atoms with E-state index >= 15 is 0 Å². The van der Waals surface area contributed by atoms with E-state index < -0.39 is 7.27 Å². The minimum atomic E-state index is -0.659. The average Bonchev–Trinajstić information content (AvgIpc) is 2.05. The summed E-state index contributed by atoms with van der Waals surface area (Å²) in [5, 5.41) is 1.56. The minimum absolute atomic E-state index is 0.445.